The van der Waals surface area contributed by atoms with Crippen molar-refractivity contribution in [2.24, 2.45) is 11.8 Å². The Morgan fingerprint density at radius 1 is 1.38 bits per heavy atom. The smallest absolute Gasteiger partial charge is 0.183 e. The first-order valence-corrected chi connectivity index (χ1v) is 9.08. The zero-order chi connectivity index (χ0) is 14.4. The van der Waals surface area contributed by atoms with E-state index in [0.717, 1.165) is 27.0 Å². The fourth-order valence-corrected chi connectivity index (χ4v) is 4.90. The molecule has 0 spiro atoms. The van der Waals surface area contributed by atoms with E-state index in [-0.39, 0.29) is 5.78 Å². The Labute approximate surface area is 136 Å². The highest BCUT2D eigenvalue weighted by atomic mass is 79.9. The van der Waals surface area contributed by atoms with Crippen molar-refractivity contribution in [2.75, 3.05) is 19.6 Å². The number of aromatic nitrogens is 1. The molecule has 0 N–H and O–H groups in total. The third-order valence-electron chi connectivity index (χ3n) is 4.94. The molecule has 3 fully saturated rings. The minimum atomic E-state index is 0.220. The Hall–Kier alpha value is -0.780. The maximum Gasteiger partial charge on any atom is 0.183 e. The number of rotatable bonds is 3. The first-order chi connectivity index (χ1) is 10.2. The average molecular weight is 365 g/mol. The molecule has 0 saturated carbocycles. The highest BCUT2D eigenvalue weighted by Crippen LogP contribution is 2.36. The molecule has 0 unspecified atom stereocenters. The van der Waals surface area contributed by atoms with Crippen LogP contribution in [0.2, 0.25) is 0 Å². The number of halogens is 1. The van der Waals surface area contributed by atoms with Crippen molar-refractivity contribution in [1.82, 2.24) is 9.27 Å². The SMILES string of the molecule is O=C(C[C@@H]1CN2CCC1CC2)c1nsc2ccc(Br)cc12. The first-order valence-electron chi connectivity index (χ1n) is 7.51. The molecule has 3 aliphatic rings. The molecule has 5 heteroatoms. The van der Waals surface area contributed by atoms with Crippen LogP contribution in [0.15, 0.2) is 22.7 Å². The number of Topliss-reactive ketones (excluding diaryl/α,β-unsaturated/α-hetero) is 1. The summed E-state index contributed by atoms with van der Waals surface area (Å²) in [7, 11) is 0. The van der Waals surface area contributed by atoms with Crippen molar-refractivity contribution in [1.29, 1.82) is 0 Å². The molecular formula is C16H17BrN2OS. The van der Waals surface area contributed by atoms with Gasteiger partial charge in [0.2, 0.25) is 0 Å². The Bertz CT molecular complexity index is 691. The Morgan fingerprint density at radius 3 is 2.90 bits per heavy atom. The standard InChI is InChI=1S/C16H17BrN2OS/c17-12-1-2-15-13(8-12)16(18-21-15)14(20)7-11-9-19-5-3-10(11)4-6-19/h1-2,8,10-11H,3-7,9H2/t11-/m1/s1. The van der Waals surface area contributed by atoms with E-state index in [9.17, 15) is 4.79 Å². The lowest BCUT2D eigenvalue weighted by atomic mass is 9.76. The maximum atomic E-state index is 12.7. The van der Waals surface area contributed by atoms with Gasteiger partial charge >= 0.3 is 0 Å². The van der Waals surface area contributed by atoms with Crippen molar-refractivity contribution in [3.8, 4) is 0 Å². The first kappa shape index (κ1) is 13.9. The molecule has 0 radical (unpaired) electrons. The van der Waals surface area contributed by atoms with Crippen LogP contribution >= 0.6 is 27.5 Å². The van der Waals surface area contributed by atoms with E-state index in [1.54, 1.807) is 0 Å². The summed E-state index contributed by atoms with van der Waals surface area (Å²) in [6.07, 6.45) is 3.19. The molecule has 1 atom stereocenters. The molecule has 21 heavy (non-hydrogen) atoms. The number of ketones is 1. The highest BCUT2D eigenvalue weighted by molar-refractivity contribution is 9.10. The van der Waals surface area contributed by atoms with E-state index in [1.165, 1.54) is 37.5 Å². The number of carbonyl (C=O) groups is 1. The number of fused-ring (bicyclic) bond motifs is 4. The highest BCUT2D eigenvalue weighted by Gasteiger charge is 2.35. The third-order valence-corrected chi connectivity index (χ3v) is 6.26. The number of nitrogens with zero attached hydrogens (tertiary/aromatic N) is 2. The number of carbonyl (C=O) groups excluding carboxylic acids is 1. The molecule has 4 heterocycles. The molecule has 110 valence electrons. The predicted octanol–water partition coefficient (Wildman–Crippen LogP) is 3.97. The quantitative estimate of drug-likeness (QED) is 0.772. The van der Waals surface area contributed by atoms with Gasteiger partial charge in [-0.25, -0.2) is 0 Å². The lowest BCUT2D eigenvalue weighted by molar-refractivity contribution is 0.0440. The second kappa shape index (κ2) is 5.45. The van der Waals surface area contributed by atoms with Crippen LogP contribution < -0.4 is 0 Å². The van der Waals surface area contributed by atoms with E-state index in [1.807, 2.05) is 18.2 Å². The van der Waals surface area contributed by atoms with Crippen molar-refractivity contribution in [3.63, 3.8) is 0 Å². The third kappa shape index (κ3) is 2.56. The van der Waals surface area contributed by atoms with Crippen molar-refractivity contribution in [2.45, 2.75) is 19.3 Å². The number of piperidine rings is 3. The number of hydrogen-bond acceptors (Lipinski definition) is 4. The van der Waals surface area contributed by atoms with E-state index in [4.69, 9.17) is 0 Å². The Balaban J connectivity index is 1.57. The van der Waals surface area contributed by atoms with Gasteiger partial charge in [0.05, 0.1) is 4.70 Å². The van der Waals surface area contributed by atoms with Crippen LogP contribution in [-0.2, 0) is 0 Å². The Kier molecular flexibility index (Phi) is 3.59. The van der Waals surface area contributed by atoms with Gasteiger partial charge < -0.3 is 4.90 Å². The predicted molar refractivity (Wildman–Crippen MR) is 88.9 cm³/mol. The van der Waals surface area contributed by atoms with E-state index in [2.05, 4.69) is 25.2 Å². The summed E-state index contributed by atoms with van der Waals surface area (Å²) in [5.41, 5.74) is 0.674. The van der Waals surface area contributed by atoms with Gasteiger partial charge in [-0.15, -0.1) is 0 Å². The minimum Gasteiger partial charge on any atom is -0.303 e. The molecule has 3 nitrogen and oxygen atoms in total. The van der Waals surface area contributed by atoms with Gasteiger partial charge in [-0.05, 0) is 67.5 Å². The molecule has 3 aliphatic heterocycles. The normalized spacial score (nSPS) is 28.1. The summed E-state index contributed by atoms with van der Waals surface area (Å²) in [5, 5.41) is 1.00. The molecular weight excluding hydrogens is 348 g/mol. The van der Waals surface area contributed by atoms with Crippen molar-refractivity contribution < 1.29 is 4.79 Å². The second-order valence-corrected chi connectivity index (χ2v) is 7.92. The van der Waals surface area contributed by atoms with E-state index >= 15 is 0 Å². The van der Waals surface area contributed by atoms with Crippen LogP contribution in [0.5, 0.6) is 0 Å². The van der Waals surface area contributed by atoms with Gasteiger partial charge in [0, 0.05) is 22.8 Å². The summed E-state index contributed by atoms with van der Waals surface area (Å²) in [6.45, 7) is 3.55. The van der Waals surface area contributed by atoms with Gasteiger partial charge in [-0.3, -0.25) is 4.79 Å². The van der Waals surface area contributed by atoms with Gasteiger partial charge in [0.15, 0.2) is 5.78 Å². The minimum absolute atomic E-state index is 0.220. The van der Waals surface area contributed by atoms with Crippen molar-refractivity contribution in [3.05, 3.63) is 28.4 Å². The average Bonchev–Trinajstić information content (AvgIpc) is 2.91. The van der Waals surface area contributed by atoms with Crippen LogP contribution in [0, 0.1) is 11.8 Å². The number of benzene rings is 1. The zero-order valence-electron chi connectivity index (χ0n) is 11.7. The molecule has 2 aromatic rings. The van der Waals surface area contributed by atoms with Crippen LogP contribution in [0.1, 0.15) is 29.8 Å². The summed E-state index contributed by atoms with van der Waals surface area (Å²) in [6, 6.07) is 6.05. The Morgan fingerprint density at radius 2 is 2.19 bits per heavy atom. The summed E-state index contributed by atoms with van der Waals surface area (Å²) < 4.78 is 6.52. The van der Waals surface area contributed by atoms with Crippen LogP contribution in [0.4, 0.5) is 0 Å². The molecule has 2 bridgehead atoms. The zero-order valence-corrected chi connectivity index (χ0v) is 14.1. The van der Waals surface area contributed by atoms with Gasteiger partial charge in [-0.1, -0.05) is 15.9 Å². The van der Waals surface area contributed by atoms with Gasteiger partial charge in [0.25, 0.3) is 0 Å². The van der Waals surface area contributed by atoms with Gasteiger partial charge in [0.1, 0.15) is 5.69 Å². The lowest BCUT2D eigenvalue weighted by Crippen LogP contribution is -2.47. The summed E-state index contributed by atoms with van der Waals surface area (Å²) in [4.78, 5) is 15.2. The van der Waals surface area contributed by atoms with Crippen LogP contribution in [0.25, 0.3) is 10.1 Å². The summed E-state index contributed by atoms with van der Waals surface area (Å²) in [5.74, 6) is 1.50. The van der Waals surface area contributed by atoms with Crippen molar-refractivity contribution >= 4 is 43.3 Å². The topological polar surface area (TPSA) is 33.2 Å². The fraction of sp³-hybridized carbons (Fsp3) is 0.500. The summed E-state index contributed by atoms with van der Waals surface area (Å²) >= 11 is 4.91. The van der Waals surface area contributed by atoms with Crippen LogP contribution in [0.3, 0.4) is 0 Å². The monoisotopic (exact) mass is 364 g/mol. The van der Waals surface area contributed by atoms with E-state index in [0.29, 0.717) is 18.0 Å². The second-order valence-electron chi connectivity index (χ2n) is 6.20. The molecule has 0 aliphatic carbocycles. The lowest BCUT2D eigenvalue weighted by Gasteiger charge is -2.44. The molecule has 1 aromatic carbocycles. The molecule has 0 amide bonds. The fourth-order valence-electron chi connectivity index (χ4n) is 3.77. The van der Waals surface area contributed by atoms with E-state index < -0.39 is 0 Å². The van der Waals surface area contributed by atoms with Crippen LogP contribution in [-0.4, -0.2) is 34.7 Å². The molecule has 5 rings (SSSR count). The van der Waals surface area contributed by atoms with Gasteiger partial charge in [-0.2, -0.15) is 4.37 Å². The number of hydrogen-bond donors (Lipinski definition) is 0. The maximum absolute atomic E-state index is 12.7. The molecule has 1 aromatic heterocycles. The molecule has 3 saturated heterocycles. The largest absolute Gasteiger partial charge is 0.303 e.